The normalized spacial score (nSPS) is 20.0. The van der Waals surface area contributed by atoms with E-state index in [0.29, 0.717) is 12.6 Å². The quantitative estimate of drug-likeness (QED) is 0.900. The number of urea groups is 1. The lowest BCUT2D eigenvalue weighted by Gasteiger charge is -2.21. The Bertz CT molecular complexity index is 505. The van der Waals surface area contributed by atoms with E-state index in [1.54, 1.807) is 0 Å². The molecule has 1 aromatic heterocycles. The van der Waals surface area contributed by atoms with Gasteiger partial charge in [0.25, 0.3) is 0 Å². The minimum Gasteiger partial charge on any atom is -0.335 e. The zero-order valence-corrected chi connectivity index (χ0v) is 14.0. The molecule has 0 bridgehead atoms. The summed E-state index contributed by atoms with van der Waals surface area (Å²) >= 11 is 0. The van der Waals surface area contributed by atoms with Crippen molar-refractivity contribution >= 4 is 6.03 Å². The third-order valence-electron chi connectivity index (χ3n) is 5.03. The Morgan fingerprint density at radius 1 is 1.00 bits per heavy atom. The summed E-state index contributed by atoms with van der Waals surface area (Å²) in [4.78, 5) is 12.2. The fourth-order valence-electron chi connectivity index (χ4n) is 3.67. The molecule has 6 nitrogen and oxygen atoms in total. The SMILES string of the molecule is O=C(NCc1nnc2n1CCCCC2)NC1CCCCCCC1. The van der Waals surface area contributed by atoms with E-state index in [4.69, 9.17) is 0 Å². The number of hydrogen-bond donors (Lipinski definition) is 2. The second-order valence-corrected chi connectivity index (χ2v) is 6.86. The summed E-state index contributed by atoms with van der Waals surface area (Å²) in [5.41, 5.74) is 0. The lowest BCUT2D eigenvalue weighted by Crippen LogP contribution is -2.42. The van der Waals surface area contributed by atoms with E-state index in [2.05, 4.69) is 25.4 Å². The van der Waals surface area contributed by atoms with Crippen LogP contribution in [0, 0.1) is 0 Å². The molecular weight excluding hydrogens is 290 g/mol. The van der Waals surface area contributed by atoms with E-state index < -0.39 is 0 Å². The molecule has 6 heteroatoms. The van der Waals surface area contributed by atoms with Crippen LogP contribution in [-0.2, 0) is 19.5 Å². The molecule has 3 rings (SSSR count). The van der Waals surface area contributed by atoms with Crippen LogP contribution in [0.5, 0.6) is 0 Å². The summed E-state index contributed by atoms with van der Waals surface area (Å²) in [5.74, 6) is 1.95. The third-order valence-corrected chi connectivity index (χ3v) is 5.03. The first kappa shape index (κ1) is 16.3. The maximum absolute atomic E-state index is 12.2. The number of fused-ring (bicyclic) bond motifs is 1. The van der Waals surface area contributed by atoms with E-state index in [9.17, 15) is 4.79 Å². The number of aromatic nitrogens is 3. The predicted octanol–water partition coefficient (Wildman–Crippen LogP) is 2.92. The second-order valence-electron chi connectivity index (χ2n) is 6.86. The highest BCUT2D eigenvalue weighted by Gasteiger charge is 2.17. The van der Waals surface area contributed by atoms with E-state index in [0.717, 1.165) is 37.5 Å². The molecule has 1 aliphatic carbocycles. The smallest absolute Gasteiger partial charge is 0.315 e. The van der Waals surface area contributed by atoms with Crippen LogP contribution in [0.25, 0.3) is 0 Å². The summed E-state index contributed by atoms with van der Waals surface area (Å²) in [7, 11) is 0. The van der Waals surface area contributed by atoms with Crippen molar-refractivity contribution in [2.75, 3.05) is 0 Å². The van der Waals surface area contributed by atoms with Gasteiger partial charge >= 0.3 is 6.03 Å². The van der Waals surface area contributed by atoms with Crippen molar-refractivity contribution in [2.24, 2.45) is 0 Å². The van der Waals surface area contributed by atoms with Crippen molar-refractivity contribution in [1.82, 2.24) is 25.4 Å². The molecule has 2 aliphatic rings. The first-order valence-corrected chi connectivity index (χ1v) is 9.28. The zero-order valence-electron chi connectivity index (χ0n) is 14.0. The Morgan fingerprint density at radius 3 is 2.57 bits per heavy atom. The van der Waals surface area contributed by atoms with Crippen LogP contribution in [0.3, 0.4) is 0 Å². The number of aryl methyl sites for hydroxylation is 1. The Kier molecular flexibility index (Phi) is 5.88. The lowest BCUT2D eigenvalue weighted by molar-refractivity contribution is 0.233. The van der Waals surface area contributed by atoms with Crippen LogP contribution >= 0.6 is 0 Å². The second kappa shape index (κ2) is 8.31. The van der Waals surface area contributed by atoms with Gasteiger partial charge in [-0.3, -0.25) is 0 Å². The van der Waals surface area contributed by atoms with Crippen molar-refractivity contribution in [3.63, 3.8) is 0 Å². The number of amides is 2. The lowest BCUT2D eigenvalue weighted by atomic mass is 9.97. The highest BCUT2D eigenvalue weighted by Crippen LogP contribution is 2.17. The van der Waals surface area contributed by atoms with Gasteiger partial charge in [-0.05, 0) is 25.7 Å². The number of carbonyl (C=O) groups excluding carboxylic acids is 1. The van der Waals surface area contributed by atoms with Crippen LogP contribution < -0.4 is 10.6 Å². The number of nitrogens with one attached hydrogen (secondary N) is 2. The van der Waals surface area contributed by atoms with Crippen LogP contribution in [0.15, 0.2) is 0 Å². The number of hydrogen-bond acceptors (Lipinski definition) is 3. The fourth-order valence-corrected chi connectivity index (χ4v) is 3.67. The highest BCUT2D eigenvalue weighted by molar-refractivity contribution is 5.74. The largest absolute Gasteiger partial charge is 0.335 e. The van der Waals surface area contributed by atoms with E-state index in [-0.39, 0.29) is 6.03 Å². The maximum Gasteiger partial charge on any atom is 0.315 e. The van der Waals surface area contributed by atoms with E-state index >= 15 is 0 Å². The van der Waals surface area contributed by atoms with Crippen molar-refractivity contribution in [3.8, 4) is 0 Å². The molecule has 0 aromatic carbocycles. The van der Waals surface area contributed by atoms with Gasteiger partial charge in [-0.15, -0.1) is 10.2 Å². The maximum atomic E-state index is 12.2. The van der Waals surface area contributed by atoms with Crippen LogP contribution in [-0.4, -0.2) is 26.8 Å². The van der Waals surface area contributed by atoms with Crippen LogP contribution in [0.2, 0.25) is 0 Å². The molecule has 1 aromatic rings. The van der Waals surface area contributed by atoms with Gasteiger partial charge in [0.2, 0.25) is 0 Å². The summed E-state index contributed by atoms with van der Waals surface area (Å²) < 4.78 is 2.18. The van der Waals surface area contributed by atoms with Gasteiger partial charge in [0.05, 0.1) is 6.54 Å². The van der Waals surface area contributed by atoms with E-state index in [1.807, 2.05) is 0 Å². The summed E-state index contributed by atoms with van der Waals surface area (Å²) in [6.07, 6.45) is 13.2. The number of rotatable bonds is 3. The summed E-state index contributed by atoms with van der Waals surface area (Å²) in [6, 6.07) is 0.257. The average Bonchev–Trinajstić information content (AvgIpc) is 2.75. The van der Waals surface area contributed by atoms with Crippen molar-refractivity contribution in [3.05, 3.63) is 11.6 Å². The molecule has 1 aliphatic heterocycles. The van der Waals surface area contributed by atoms with Gasteiger partial charge in [-0.1, -0.05) is 38.5 Å². The molecule has 23 heavy (non-hydrogen) atoms. The van der Waals surface area contributed by atoms with Gasteiger partial charge in [0.1, 0.15) is 5.82 Å². The predicted molar refractivity (Wildman–Crippen MR) is 89.1 cm³/mol. The summed E-state index contributed by atoms with van der Waals surface area (Å²) in [5, 5.41) is 14.6. The van der Waals surface area contributed by atoms with Crippen molar-refractivity contribution in [1.29, 1.82) is 0 Å². The van der Waals surface area contributed by atoms with Crippen LogP contribution in [0.1, 0.15) is 75.9 Å². The first-order valence-electron chi connectivity index (χ1n) is 9.28. The summed E-state index contributed by atoms with van der Waals surface area (Å²) in [6.45, 7) is 1.44. The molecule has 2 N–H and O–H groups in total. The molecule has 0 unspecified atom stereocenters. The Labute approximate surface area is 138 Å². The van der Waals surface area contributed by atoms with Gasteiger partial charge in [0, 0.05) is 19.0 Å². The molecule has 1 fully saturated rings. The first-order chi connectivity index (χ1) is 11.3. The molecule has 128 valence electrons. The Hall–Kier alpha value is -1.59. The molecule has 0 radical (unpaired) electrons. The molecule has 0 spiro atoms. The highest BCUT2D eigenvalue weighted by atomic mass is 16.2. The number of carbonyl (C=O) groups is 1. The molecular formula is C17H29N5O. The molecule has 0 saturated heterocycles. The molecule has 1 saturated carbocycles. The Morgan fingerprint density at radius 2 is 1.74 bits per heavy atom. The molecule has 2 heterocycles. The van der Waals surface area contributed by atoms with E-state index in [1.165, 1.54) is 51.4 Å². The monoisotopic (exact) mass is 319 g/mol. The molecule has 0 atom stereocenters. The minimum atomic E-state index is -0.0680. The fraction of sp³-hybridized carbons (Fsp3) is 0.824. The Balaban J connectivity index is 1.48. The topological polar surface area (TPSA) is 71.8 Å². The van der Waals surface area contributed by atoms with Crippen molar-refractivity contribution < 1.29 is 4.79 Å². The zero-order chi connectivity index (χ0) is 15.9. The van der Waals surface area contributed by atoms with Gasteiger partial charge < -0.3 is 15.2 Å². The van der Waals surface area contributed by atoms with Gasteiger partial charge in [-0.2, -0.15) is 0 Å². The minimum absolute atomic E-state index is 0.0680. The number of nitrogens with zero attached hydrogens (tertiary/aromatic N) is 3. The van der Waals surface area contributed by atoms with Gasteiger partial charge in [0.15, 0.2) is 5.82 Å². The van der Waals surface area contributed by atoms with Crippen LogP contribution in [0.4, 0.5) is 4.79 Å². The van der Waals surface area contributed by atoms with Crippen molar-refractivity contribution in [2.45, 2.75) is 89.8 Å². The molecule has 2 amide bonds. The average molecular weight is 319 g/mol. The third kappa shape index (κ3) is 4.69. The standard InChI is InChI=1S/C17H29N5O/c23-17(19-14-9-5-2-1-3-6-10-14)18-13-16-21-20-15-11-7-4-8-12-22(15)16/h14H,1-13H2,(H2,18,19,23). The van der Waals surface area contributed by atoms with Gasteiger partial charge in [-0.25, -0.2) is 4.79 Å².